The predicted molar refractivity (Wildman–Crippen MR) is 152 cm³/mol. The summed E-state index contributed by atoms with van der Waals surface area (Å²) in [5.74, 6) is 0. The standard InChI is InChI=1S/C29H59N3O5/c1-2-3-4-5-6-7-8-13-20-27-37-29(36)31-22-15-10-12-17-24-32(25-18-19-26-33)23-16-11-9-14-21-30-28(34)35/h30,33H,2-27H2,1H3,(H,31,36)(H,34,35). The van der Waals surface area contributed by atoms with E-state index in [-0.39, 0.29) is 12.7 Å². The number of aliphatic hydroxyl groups excluding tert-OH is 1. The van der Waals surface area contributed by atoms with Crippen LogP contribution in [0.3, 0.4) is 0 Å². The van der Waals surface area contributed by atoms with E-state index >= 15 is 0 Å². The van der Waals surface area contributed by atoms with Gasteiger partial charge in [-0.15, -0.1) is 0 Å². The highest BCUT2D eigenvalue weighted by molar-refractivity contribution is 5.66. The Labute approximate surface area is 227 Å². The van der Waals surface area contributed by atoms with Crippen LogP contribution in [-0.4, -0.2) is 73.2 Å². The second-order valence-corrected chi connectivity index (χ2v) is 10.2. The number of hydrogen-bond acceptors (Lipinski definition) is 5. The van der Waals surface area contributed by atoms with Gasteiger partial charge in [0.05, 0.1) is 6.61 Å². The molecule has 0 aromatic rings. The molecule has 0 aromatic heterocycles. The molecule has 0 bridgehead atoms. The average Bonchev–Trinajstić information content (AvgIpc) is 2.88. The first-order valence-electron chi connectivity index (χ1n) is 15.3. The molecule has 4 N–H and O–H groups in total. The molecule has 220 valence electrons. The number of carboxylic acid groups (broad SMARTS) is 1. The van der Waals surface area contributed by atoms with Gasteiger partial charge in [-0.25, -0.2) is 9.59 Å². The summed E-state index contributed by atoms with van der Waals surface area (Å²) in [4.78, 5) is 24.8. The molecule has 0 aliphatic carbocycles. The van der Waals surface area contributed by atoms with Crippen molar-refractivity contribution in [1.82, 2.24) is 15.5 Å². The zero-order chi connectivity index (χ0) is 27.2. The molecule has 0 aliphatic rings. The monoisotopic (exact) mass is 529 g/mol. The van der Waals surface area contributed by atoms with Gasteiger partial charge >= 0.3 is 12.2 Å². The van der Waals surface area contributed by atoms with Gasteiger partial charge < -0.3 is 30.5 Å². The van der Waals surface area contributed by atoms with Crippen molar-refractivity contribution >= 4 is 12.2 Å². The summed E-state index contributed by atoms with van der Waals surface area (Å²) in [6.45, 7) is 7.37. The number of amides is 2. The van der Waals surface area contributed by atoms with Crippen LogP contribution >= 0.6 is 0 Å². The summed E-state index contributed by atoms with van der Waals surface area (Å²) in [5.41, 5.74) is 0. The third-order valence-corrected chi connectivity index (χ3v) is 6.71. The largest absolute Gasteiger partial charge is 0.465 e. The molecule has 0 aliphatic heterocycles. The normalized spacial score (nSPS) is 11.1. The van der Waals surface area contributed by atoms with Gasteiger partial charge in [-0.2, -0.15) is 0 Å². The number of unbranched alkanes of at least 4 members (excludes halogenated alkanes) is 15. The Hall–Kier alpha value is -1.54. The van der Waals surface area contributed by atoms with E-state index in [0.29, 0.717) is 19.7 Å². The second-order valence-electron chi connectivity index (χ2n) is 10.2. The Balaban J connectivity index is 3.63. The van der Waals surface area contributed by atoms with Crippen molar-refractivity contribution in [3.63, 3.8) is 0 Å². The van der Waals surface area contributed by atoms with Crippen LogP contribution in [0.15, 0.2) is 0 Å². The Kier molecular flexibility index (Phi) is 27.8. The van der Waals surface area contributed by atoms with Gasteiger partial charge in [0.25, 0.3) is 0 Å². The second kappa shape index (κ2) is 29.0. The maximum Gasteiger partial charge on any atom is 0.407 e. The van der Waals surface area contributed by atoms with Gasteiger partial charge in [-0.3, -0.25) is 0 Å². The summed E-state index contributed by atoms with van der Waals surface area (Å²) < 4.78 is 5.28. The molecule has 0 fully saturated rings. The minimum atomic E-state index is -0.949. The average molecular weight is 530 g/mol. The van der Waals surface area contributed by atoms with E-state index in [1.54, 1.807) is 0 Å². The number of nitrogens with one attached hydrogen (secondary N) is 2. The maximum absolute atomic E-state index is 11.8. The molecule has 0 radical (unpaired) electrons. The summed E-state index contributed by atoms with van der Waals surface area (Å²) in [5, 5.41) is 22.9. The van der Waals surface area contributed by atoms with Gasteiger partial charge in [0.15, 0.2) is 0 Å². The van der Waals surface area contributed by atoms with Crippen LogP contribution in [0.25, 0.3) is 0 Å². The molecule has 8 nitrogen and oxygen atoms in total. The molecule has 0 saturated carbocycles. The fourth-order valence-electron chi connectivity index (χ4n) is 4.42. The van der Waals surface area contributed by atoms with Gasteiger partial charge in [-0.05, 0) is 64.6 Å². The molecule has 0 heterocycles. The Bertz CT molecular complexity index is 508. The van der Waals surface area contributed by atoms with E-state index in [1.807, 2.05) is 0 Å². The lowest BCUT2D eigenvalue weighted by molar-refractivity contribution is 0.143. The molecule has 0 aromatic carbocycles. The van der Waals surface area contributed by atoms with E-state index in [4.69, 9.17) is 14.9 Å². The van der Waals surface area contributed by atoms with E-state index in [9.17, 15) is 9.59 Å². The molecule has 8 heteroatoms. The minimum Gasteiger partial charge on any atom is -0.465 e. The van der Waals surface area contributed by atoms with Crippen LogP contribution in [-0.2, 0) is 4.74 Å². The number of carbonyl (C=O) groups is 2. The first kappa shape index (κ1) is 35.5. The summed E-state index contributed by atoms with van der Waals surface area (Å²) in [6, 6.07) is 0. The number of carbonyl (C=O) groups excluding carboxylic acids is 1. The number of alkyl carbamates (subject to hydrolysis) is 1. The third-order valence-electron chi connectivity index (χ3n) is 6.71. The highest BCUT2D eigenvalue weighted by atomic mass is 16.5. The number of hydrogen-bond donors (Lipinski definition) is 4. The topological polar surface area (TPSA) is 111 Å². The van der Waals surface area contributed by atoms with Gasteiger partial charge in [0, 0.05) is 19.7 Å². The lowest BCUT2D eigenvalue weighted by atomic mass is 10.1. The lowest BCUT2D eigenvalue weighted by Crippen LogP contribution is -2.28. The summed E-state index contributed by atoms with van der Waals surface area (Å²) >= 11 is 0. The number of rotatable bonds is 28. The smallest absolute Gasteiger partial charge is 0.407 e. The zero-order valence-electron chi connectivity index (χ0n) is 24.0. The van der Waals surface area contributed by atoms with Crippen LogP contribution < -0.4 is 10.6 Å². The fraction of sp³-hybridized carbons (Fsp3) is 0.931. The highest BCUT2D eigenvalue weighted by Crippen LogP contribution is 2.10. The van der Waals surface area contributed by atoms with Gasteiger partial charge in [0.1, 0.15) is 0 Å². The molecule has 0 rings (SSSR count). The SMILES string of the molecule is CCCCCCCCCCCOC(=O)NCCCCCCN(CCCCO)CCCCCCNC(=O)O. The molecule has 0 spiro atoms. The maximum atomic E-state index is 11.8. The van der Waals surface area contributed by atoms with Crippen molar-refractivity contribution in [2.75, 3.05) is 45.9 Å². The molecular formula is C29H59N3O5. The van der Waals surface area contributed by atoms with Crippen molar-refractivity contribution in [3.05, 3.63) is 0 Å². The quantitative estimate of drug-likeness (QED) is 0.0839. The van der Waals surface area contributed by atoms with E-state index in [0.717, 1.165) is 96.7 Å². The Morgan fingerprint density at radius 1 is 0.622 bits per heavy atom. The van der Waals surface area contributed by atoms with Crippen molar-refractivity contribution < 1.29 is 24.5 Å². The van der Waals surface area contributed by atoms with Crippen molar-refractivity contribution in [2.24, 2.45) is 0 Å². The molecule has 0 saturated heterocycles. The predicted octanol–water partition coefficient (Wildman–Crippen LogP) is 6.71. The number of nitrogens with zero attached hydrogens (tertiary/aromatic N) is 1. The molecule has 2 amide bonds. The van der Waals surface area contributed by atoms with Crippen LogP contribution in [0.4, 0.5) is 9.59 Å². The van der Waals surface area contributed by atoms with E-state index in [1.165, 1.54) is 44.9 Å². The minimum absolute atomic E-state index is 0.249. The Morgan fingerprint density at radius 3 is 1.62 bits per heavy atom. The molecule has 0 atom stereocenters. The first-order chi connectivity index (χ1) is 18.1. The van der Waals surface area contributed by atoms with Gasteiger partial charge in [0.2, 0.25) is 0 Å². The van der Waals surface area contributed by atoms with Crippen molar-refractivity contribution in [1.29, 1.82) is 0 Å². The van der Waals surface area contributed by atoms with Crippen LogP contribution in [0.5, 0.6) is 0 Å². The molecular weight excluding hydrogens is 470 g/mol. The summed E-state index contributed by atoms with van der Waals surface area (Å²) in [7, 11) is 0. The first-order valence-corrected chi connectivity index (χ1v) is 15.3. The number of aliphatic hydroxyl groups is 1. The van der Waals surface area contributed by atoms with Gasteiger partial charge in [-0.1, -0.05) is 84.0 Å². The Morgan fingerprint density at radius 2 is 1.08 bits per heavy atom. The molecule has 0 unspecified atom stereocenters. The highest BCUT2D eigenvalue weighted by Gasteiger charge is 2.05. The van der Waals surface area contributed by atoms with Crippen molar-refractivity contribution in [2.45, 2.75) is 129 Å². The van der Waals surface area contributed by atoms with Crippen LogP contribution in [0, 0.1) is 0 Å². The lowest BCUT2D eigenvalue weighted by Gasteiger charge is -2.22. The van der Waals surface area contributed by atoms with E-state index in [2.05, 4.69) is 22.5 Å². The summed E-state index contributed by atoms with van der Waals surface area (Å²) in [6.07, 6.45) is 20.5. The fourth-order valence-corrected chi connectivity index (χ4v) is 4.42. The van der Waals surface area contributed by atoms with Crippen LogP contribution in [0.1, 0.15) is 129 Å². The van der Waals surface area contributed by atoms with E-state index < -0.39 is 6.09 Å². The number of ether oxygens (including phenoxy) is 1. The third kappa shape index (κ3) is 28.9. The van der Waals surface area contributed by atoms with Crippen LogP contribution in [0.2, 0.25) is 0 Å². The van der Waals surface area contributed by atoms with Crippen molar-refractivity contribution in [3.8, 4) is 0 Å². The molecule has 37 heavy (non-hydrogen) atoms. The zero-order valence-corrected chi connectivity index (χ0v) is 24.0.